The first-order valence-corrected chi connectivity index (χ1v) is 9.55. The molecule has 3 rings (SSSR count). The molecule has 0 saturated carbocycles. The summed E-state index contributed by atoms with van der Waals surface area (Å²) in [4.78, 5) is 7.45. The average Bonchev–Trinajstić information content (AvgIpc) is 3.19. The van der Waals surface area contributed by atoms with Crippen molar-refractivity contribution in [2.75, 3.05) is 19.6 Å². The molecular formula is C24H38N2O4. The molecule has 1 saturated heterocycles. The Morgan fingerprint density at radius 3 is 2.13 bits per heavy atom. The van der Waals surface area contributed by atoms with Crippen molar-refractivity contribution >= 4 is 5.57 Å². The van der Waals surface area contributed by atoms with E-state index >= 15 is 0 Å². The fourth-order valence-electron chi connectivity index (χ4n) is 3.31. The molecule has 2 aromatic rings. The summed E-state index contributed by atoms with van der Waals surface area (Å²) in [6, 6.07) is 15.3. The highest BCUT2D eigenvalue weighted by Gasteiger charge is 2.12. The van der Waals surface area contributed by atoms with E-state index in [1.54, 1.807) is 0 Å². The SMILES string of the molecule is C#C.CCCc1cccc(/C(=C/CN2CCCC2)c2ccc(C)cc2)n1.O.O.O.O. The molecule has 0 radical (unpaired) electrons. The molecule has 6 nitrogen and oxygen atoms in total. The molecule has 1 aliphatic rings. The van der Waals surface area contributed by atoms with Gasteiger partial charge in [-0.1, -0.05) is 55.3 Å². The maximum absolute atomic E-state index is 4.92. The van der Waals surface area contributed by atoms with E-state index in [9.17, 15) is 0 Å². The second-order valence-electron chi connectivity index (χ2n) is 6.76. The molecule has 0 bridgehead atoms. The summed E-state index contributed by atoms with van der Waals surface area (Å²) in [5, 5.41) is 0. The van der Waals surface area contributed by atoms with Crippen molar-refractivity contribution in [1.29, 1.82) is 0 Å². The lowest BCUT2D eigenvalue weighted by molar-refractivity contribution is 0.377. The van der Waals surface area contributed by atoms with E-state index in [4.69, 9.17) is 4.98 Å². The molecule has 0 amide bonds. The second-order valence-corrected chi connectivity index (χ2v) is 6.76. The first kappa shape index (κ1) is 32.1. The Labute approximate surface area is 180 Å². The van der Waals surface area contributed by atoms with Crippen molar-refractivity contribution < 1.29 is 21.9 Å². The van der Waals surface area contributed by atoms with E-state index < -0.39 is 0 Å². The summed E-state index contributed by atoms with van der Waals surface area (Å²) in [5.74, 6) is 0. The average molecular weight is 419 g/mol. The van der Waals surface area contributed by atoms with Crippen molar-refractivity contribution in [2.24, 2.45) is 0 Å². The zero-order valence-corrected chi connectivity index (χ0v) is 18.1. The Hall–Kier alpha value is -2.53. The van der Waals surface area contributed by atoms with E-state index in [2.05, 4.69) is 80.1 Å². The van der Waals surface area contributed by atoms with Crippen molar-refractivity contribution in [3.05, 3.63) is 71.1 Å². The number of terminal acetylenes is 1. The third-order valence-electron chi connectivity index (χ3n) is 4.70. The van der Waals surface area contributed by atoms with Crippen LogP contribution in [0.3, 0.4) is 0 Å². The molecule has 0 unspecified atom stereocenters. The van der Waals surface area contributed by atoms with Crippen LogP contribution in [-0.2, 0) is 6.42 Å². The first-order chi connectivity index (χ1) is 12.8. The highest BCUT2D eigenvalue weighted by molar-refractivity contribution is 5.78. The summed E-state index contributed by atoms with van der Waals surface area (Å²) >= 11 is 0. The molecule has 168 valence electrons. The van der Waals surface area contributed by atoms with Gasteiger partial charge in [0.15, 0.2) is 0 Å². The van der Waals surface area contributed by atoms with Crippen LogP contribution in [0.15, 0.2) is 48.5 Å². The maximum atomic E-state index is 4.92. The van der Waals surface area contributed by atoms with Crippen molar-refractivity contribution in [2.45, 2.75) is 39.5 Å². The number of rotatable bonds is 6. The predicted octanol–water partition coefficient (Wildman–Crippen LogP) is 1.82. The molecule has 2 heterocycles. The van der Waals surface area contributed by atoms with Crippen LogP contribution in [0, 0.1) is 19.8 Å². The number of aryl methyl sites for hydroxylation is 2. The summed E-state index contributed by atoms with van der Waals surface area (Å²) < 4.78 is 0. The predicted molar refractivity (Wildman–Crippen MR) is 127 cm³/mol. The largest absolute Gasteiger partial charge is 0.412 e. The van der Waals surface area contributed by atoms with Gasteiger partial charge in [0.25, 0.3) is 0 Å². The Kier molecular flexibility index (Phi) is 18.6. The fraction of sp³-hybridized carbons (Fsp3) is 0.375. The van der Waals surface area contributed by atoms with Crippen LogP contribution >= 0.6 is 0 Å². The van der Waals surface area contributed by atoms with E-state index in [1.165, 1.54) is 48.3 Å². The Balaban J connectivity index is -0.00000118. The molecule has 30 heavy (non-hydrogen) atoms. The number of aromatic nitrogens is 1. The van der Waals surface area contributed by atoms with Gasteiger partial charge in [-0.15, -0.1) is 12.8 Å². The lowest BCUT2D eigenvalue weighted by atomic mass is 10.00. The van der Waals surface area contributed by atoms with Gasteiger partial charge in [-0.05, 0) is 57.0 Å². The molecular weight excluding hydrogens is 380 g/mol. The van der Waals surface area contributed by atoms with Gasteiger partial charge < -0.3 is 21.9 Å². The number of likely N-dealkylation sites (tertiary alicyclic amines) is 1. The minimum absolute atomic E-state index is 0. The minimum Gasteiger partial charge on any atom is -0.412 e. The highest BCUT2D eigenvalue weighted by atomic mass is 16.0. The van der Waals surface area contributed by atoms with E-state index in [-0.39, 0.29) is 21.9 Å². The third kappa shape index (κ3) is 9.31. The Bertz CT molecular complexity index is 736. The van der Waals surface area contributed by atoms with Crippen LogP contribution in [0.2, 0.25) is 0 Å². The Morgan fingerprint density at radius 1 is 0.967 bits per heavy atom. The maximum Gasteiger partial charge on any atom is 0.0708 e. The van der Waals surface area contributed by atoms with Gasteiger partial charge in [0.1, 0.15) is 0 Å². The summed E-state index contributed by atoms with van der Waals surface area (Å²) in [5.41, 5.74) is 6.12. The van der Waals surface area contributed by atoms with Gasteiger partial charge in [0, 0.05) is 17.8 Å². The molecule has 0 atom stereocenters. The molecule has 1 aliphatic heterocycles. The zero-order valence-electron chi connectivity index (χ0n) is 18.1. The number of nitrogens with zero attached hydrogens (tertiary/aromatic N) is 2. The lowest BCUT2D eigenvalue weighted by Crippen LogP contribution is -2.19. The molecule has 6 heteroatoms. The fourth-order valence-corrected chi connectivity index (χ4v) is 3.31. The summed E-state index contributed by atoms with van der Waals surface area (Å²) in [6.07, 6.45) is 15.2. The summed E-state index contributed by atoms with van der Waals surface area (Å²) in [7, 11) is 0. The van der Waals surface area contributed by atoms with Crippen LogP contribution in [0.5, 0.6) is 0 Å². The topological polar surface area (TPSA) is 142 Å². The van der Waals surface area contributed by atoms with Gasteiger partial charge in [0.05, 0.1) is 5.69 Å². The van der Waals surface area contributed by atoms with Crippen LogP contribution in [0.1, 0.15) is 48.7 Å². The quantitative estimate of drug-likeness (QED) is 0.660. The molecule has 1 aromatic carbocycles. The zero-order chi connectivity index (χ0) is 18.8. The molecule has 8 N–H and O–H groups in total. The molecule has 0 spiro atoms. The first-order valence-electron chi connectivity index (χ1n) is 9.55. The normalized spacial score (nSPS) is 12.7. The molecule has 0 aliphatic carbocycles. The van der Waals surface area contributed by atoms with Crippen molar-refractivity contribution in [3.63, 3.8) is 0 Å². The van der Waals surface area contributed by atoms with Crippen LogP contribution < -0.4 is 0 Å². The highest BCUT2D eigenvalue weighted by Crippen LogP contribution is 2.23. The number of benzene rings is 1. The van der Waals surface area contributed by atoms with Gasteiger partial charge >= 0.3 is 0 Å². The minimum atomic E-state index is 0. The third-order valence-corrected chi connectivity index (χ3v) is 4.70. The smallest absolute Gasteiger partial charge is 0.0708 e. The molecule has 1 fully saturated rings. The lowest BCUT2D eigenvalue weighted by Gasteiger charge is -2.14. The van der Waals surface area contributed by atoms with Gasteiger partial charge in [0.2, 0.25) is 0 Å². The van der Waals surface area contributed by atoms with Gasteiger partial charge in [-0.2, -0.15) is 0 Å². The van der Waals surface area contributed by atoms with E-state index in [0.717, 1.165) is 25.1 Å². The van der Waals surface area contributed by atoms with Crippen LogP contribution in [0.25, 0.3) is 5.57 Å². The van der Waals surface area contributed by atoms with E-state index in [1.807, 2.05) is 0 Å². The standard InChI is InChI=1S/C22H28N2.C2H2.4H2O/c1-3-7-20-8-6-9-22(23-20)21(14-17-24-15-4-5-16-24)19-12-10-18(2)11-13-19;1-2;;;;/h6,8-14H,3-5,7,15-17H2,1-2H3;1-2H;4*1H2/b21-14+;;;;;. The Morgan fingerprint density at radius 2 is 1.57 bits per heavy atom. The van der Waals surface area contributed by atoms with Crippen molar-refractivity contribution in [3.8, 4) is 12.8 Å². The van der Waals surface area contributed by atoms with Gasteiger partial charge in [-0.3, -0.25) is 9.88 Å². The van der Waals surface area contributed by atoms with Crippen LogP contribution in [-0.4, -0.2) is 51.4 Å². The summed E-state index contributed by atoms with van der Waals surface area (Å²) in [6.45, 7) is 7.81. The van der Waals surface area contributed by atoms with E-state index in [0.29, 0.717) is 0 Å². The second kappa shape index (κ2) is 17.3. The van der Waals surface area contributed by atoms with Crippen molar-refractivity contribution in [1.82, 2.24) is 9.88 Å². The van der Waals surface area contributed by atoms with Gasteiger partial charge in [-0.25, -0.2) is 0 Å². The molecule has 1 aromatic heterocycles. The van der Waals surface area contributed by atoms with Crippen LogP contribution in [0.4, 0.5) is 0 Å². The monoisotopic (exact) mass is 418 g/mol. The number of hydrogen-bond donors (Lipinski definition) is 0. The number of pyridine rings is 1. The number of hydrogen-bond acceptors (Lipinski definition) is 2.